The lowest BCUT2D eigenvalue weighted by Gasteiger charge is -2.39. The molecule has 1 aromatic rings. The van der Waals surface area contributed by atoms with Gasteiger partial charge in [-0.1, -0.05) is 13.3 Å². The first-order chi connectivity index (χ1) is 9.26. The van der Waals surface area contributed by atoms with Crippen LogP contribution in [0.3, 0.4) is 0 Å². The molecule has 0 aromatic carbocycles. The summed E-state index contributed by atoms with van der Waals surface area (Å²) in [7, 11) is 0. The van der Waals surface area contributed by atoms with Gasteiger partial charge < -0.3 is 15.6 Å². The number of aromatic amines is 1. The van der Waals surface area contributed by atoms with E-state index in [0.29, 0.717) is 18.4 Å². The third kappa shape index (κ3) is 3.33. The van der Waals surface area contributed by atoms with E-state index in [1.807, 2.05) is 0 Å². The Morgan fingerprint density at radius 2 is 2.16 bits per heavy atom. The van der Waals surface area contributed by atoms with E-state index < -0.39 is 0 Å². The molecule has 1 saturated heterocycles. The topological polar surface area (TPSA) is 78.2 Å². The van der Waals surface area contributed by atoms with Crippen LogP contribution in [0.4, 0.5) is 5.82 Å². The molecule has 3 N–H and O–H groups in total. The van der Waals surface area contributed by atoms with Gasteiger partial charge in [0.2, 0.25) is 0 Å². The summed E-state index contributed by atoms with van der Waals surface area (Å²) in [5.41, 5.74) is 5.73. The van der Waals surface area contributed by atoms with Crippen molar-refractivity contribution in [2.24, 2.45) is 5.73 Å². The summed E-state index contributed by atoms with van der Waals surface area (Å²) in [6, 6.07) is 0.467. The highest BCUT2D eigenvalue weighted by molar-refractivity contribution is 5.35. The molecule has 0 spiro atoms. The molecule has 0 radical (unpaired) electrons. The van der Waals surface area contributed by atoms with Gasteiger partial charge in [-0.2, -0.15) is 0 Å². The van der Waals surface area contributed by atoms with Crippen LogP contribution in [-0.2, 0) is 0 Å². The van der Waals surface area contributed by atoms with E-state index in [0.717, 1.165) is 39.0 Å². The summed E-state index contributed by atoms with van der Waals surface area (Å²) in [6.45, 7) is 6.45. The summed E-state index contributed by atoms with van der Waals surface area (Å²) in [5.74, 6) is 0.530. The van der Waals surface area contributed by atoms with E-state index in [-0.39, 0.29) is 5.56 Å². The number of piperazine rings is 1. The Kier molecular flexibility index (Phi) is 4.93. The van der Waals surface area contributed by atoms with Crippen LogP contribution in [-0.4, -0.2) is 53.6 Å². The van der Waals surface area contributed by atoms with Gasteiger partial charge in [0.15, 0.2) is 5.82 Å². The summed E-state index contributed by atoms with van der Waals surface area (Å²) >= 11 is 0. The van der Waals surface area contributed by atoms with Crippen molar-refractivity contribution in [3.05, 3.63) is 22.7 Å². The van der Waals surface area contributed by atoms with Crippen LogP contribution in [0.1, 0.15) is 19.8 Å². The summed E-state index contributed by atoms with van der Waals surface area (Å²) in [4.78, 5) is 23.0. The van der Waals surface area contributed by atoms with Crippen molar-refractivity contribution < 1.29 is 0 Å². The molecule has 2 rings (SSSR count). The van der Waals surface area contributed by atoms with Gasteiger partial charge in [0, 0.05) is 51.2 Å². The molecule has 1 aliphatic rings. The van der Waals surface area contributed by atoms with E-state index in [1.54, 1.807) is 12.4 Å². The first-order valence-electron chi connectivity index (χ1n) is 6.99. The molecule has 0 bridgehead atoms. The van der Waals surface area contributed by atoms with E-state index in [9.17, 15) is 4.79 Å². The van der Waals surface area contributed by atoms with Crippen LogP contribution < -0.4 is 16.2 Å². The van der Waals surface area contributed by atoms with Gasteiger partial charge in [-0.3, -0.25) is 9.69 Å². The van der Waals surface area contributed by atoms with Crippen molar-refractivity contribution in [2.75, 3.05) is 37.6 Å². The third-order valence-corrected chi connectivity index (χ3v) is 3.71. The molecule has 1 unspecified atom stereocenters. The second kappa shape index (κ2) is 6.68. The fourth-order valence-electron chi connectivity index (χ4n) is 2.65. The van der Waals surface area contributed by atoms with E-state index in [4.69, 9.17) is 5.73 Å². The Labute approximate surface area is 113 Å². The zero-order chi connectivity index (χ0) is 13.7. The van der Waals surface area contributed by atoms with Crippen LogP contribution in [0.5, 0.6) is 0 Å². The number of H-pyrrole nitrogens is 1. The molecule has 0 amide bonds. The maximum Gasteiger partial charge on any atom is 0.290 e. The molecule has 19 heavy (non-hydrogen) atoms. The number of hydrogen-bond donors (Lipinski definition) is 2. The van der Waals surface area contributed by atoms with Crippen LogP contribution in [0.2, 0.25) is 0 Å². The zero-order valence-corrected chi connectivity index (χ0v) is 11.5. The Bertz CT molecular complexity index is 439. The lowest BCUT2D eigenvalue weighted by molar-refractivity contribution is 0.179. The minimum absolute atomic E-state index is 0.111. The number of anilines is 1. The molecule has 6 nitrogen and oxygen atoms in total. The Morgan fingerprint density at radius 3 is 2.74 bits per heavy atom. The number of aromatic nitrogens is 2. The lowest BCUT2D eigenvalue weighted by Crippen LogP contribution is -2.53. The van der Waals surface area contributed by atoms with Gasteiger partial charge in [-0.05, 0) is 6.42 Å². The predicted molar refractivity (Wildman–Crippen MR) is 76.4 cm³/mol. The third-order valence-electron chi connectivity index (χ3n) is 3.71. The first-order valence-corrected chi connectivity index (χ1v) is 6.99. The fraction of sp³-hybridized carbons (Fsp3) is 0.692. The van der Waals surface area contributed by atoms with Gasteiger partial charge in [-0.15, -0.1) is 0 Å². The highest BCUT2D eigenvalue weighted by Gasteiger charge is 2.24. The monoisotopic (exact) mass is 265 g/mol. The normalized spacial score (nSPS) is 18.5. The van der Waals surface area contributed by atoms with Crippen LogP contribution in [0.15, 0.2) is 17.2 Å². The highest BCUT2D eigenvalue weighted by Crippen LogP contribution is 2.12. The van der Waals surface area contributed by atoms with Gasteiger partial charge in [-0.25, -0.2) is 4.98 Å². The van der Waals surface area contributed by atoms with Crippen LogP contribution >= 0.6 is 0 Å². The second-order valence-corrected chi connectivity index (χ2v) is 4.94. The summed E-state index contributed by atoms with van der Waals surface area (Å²) in [6.07, 6.45) is 5.49. The predicted octanol–water partition coefficient (Wildman–Crippen LogP) is 0.0193. The largest absolute Gasteiger partial charge is 0.349 e. The summed E-state index contributed by atoms with van der Waals surface area (Å²) < 4.78 is 0. The fourth-order valence-corrected chi connectivity index (χ4v) is 2.65. The molecule has 0 saturated carbocycles. The van der Waals surface area contributed by atoms with Crippen molar-refractivity contribution >= 4 is 5.82 Å². The van der Waals surface area contributed by atoms with Crippen molar-refractivity contribution in [3.63, 3.8) is 0 Å². The summed E-state index contributed by atoms with van der Waals surface area (Å²) in [5, 5.41) is 0. The van der Waals surface area contributed by atoms with Crippen LogP contribution in [0.25, 0.3) is 0 Å². The van der Waals surface area contributed by atoms with Gasteiger partial charge in [0.1, 0.15) is 0 Å². The second-order valence-electron chi connectivity index (χ2n) is 4.94. The molecule has 1 fully saturated rings. The van der Waals surface area contributed by atoms with Crippen molar-refractivity contribution in [3.8, 4) is 0 Å². The first kappa shape index (κ1) is 14.0. The van der Waals surface area contributed by atoms with Crippen molar-refractivity contribution in [1.82, 2.24) is 14.9 Å². The molecular formula is C13H23N5O. The Balaban J connectivity index is 1.96. The molecule has 2 heterocycles. The quantitative estimate of drug-likeness (QED) is 0.784. The molecule has 1 aromatic heterocycles. The van der Waals surface area contributed by atoms with Crippen LogP contribution in [0, 0.1) is 0 Å². The molecule has 0 aliphatic carbocycles. The number of nitrogens with one attached hydrogen (secondary N) is 1. The van der Waals surface area contributed by atoms with E-state index in [2.05, 4.69) is 26.7 Å². The SMILES string of the molecule is CCCC(CN)N1CCN(c2ncc[nH]c2=O)CC1. The molecular weight excluding hydrogens is 242 g/mol. The molecule has 1 atom stereocenters. The maximum atomic E-state index is 11.7. The Hall–Kier alpha value is -1.40. The van der Waals surface area contributed by atoms with Gasteiger partial charge in [0.25, 0.3) is 5.56 Å². The average Bonchev–Trinajstić information content (AvgIpc) is 2.46. The number of hydrogen-bond acceptors (Lipinski definition) is 5. The van der Waals surface area contributed by atoms with E-state index >= 15 is 0 Å². The zero-order valence-electron chi connectivity index (χ0n) is 11.5. The van der Waals surface area contributed by atoms with Gasteiger partial charge >= 0.3 is 0 Å². The standard InChI is InChI=1S/C13H23N5O/c1-2-3-11(10-14)17-6-8-18(9-7-17)12-13(19)16-5-4-15-12/h4-5,11H,2-3,6-10,14H2,1H3,(H,16,19). The number of nitrogens with zero attached hydrogens (tertiary/aromatic N) is 3. The van der Waals surface area contributed by atoms with E-state index in [1.165, 1.54) is 0 Å². The number of rotatable bonds is 5. The van der Waals surface area contributed by atoms with Crippen molar-refractivity contribution in [1.29, 1.82) is 0 Å². The molecule has 106 valence electrons. The minimum Gasteiger partial charge on any atom is -0.349 e. The smallest absolute Gasteiger partial charge is 0.290 e. The maximum absolute atomic E-state index is 11.7. The number of nitrogens with two attached hydrogens (primary N) is 1. The minimum atomic E-state index is -0.111. The molecule has 1 aliphatic heterocycles. The molecule has 6 heteroatoms. The van der Waals surface area contributed by atoms with Gasteiger partial charge in [0.05, 0.1) is 0 Å². The highest BCUT2D eigenvalue weighted by atomic mass is 16.1. The van der Waals surface area contributed by atoms with Crippen molar-refractivity contribution in [2.45, 2.75) is 25.8 Å². The lowest BCUT2D eigenvalue weighted by atomic mass is 10.1. The Morgan fingerprint density at radius 1 is 1.42 bits per heavy atom. The average molecular weight is 265 g/mol.